The molecule has 0 aromatic heterocycles. The molecule has 3 nitrogen and oxygen atoms in total. The Morgan fingerprint density at radius 1 is 1.27 bits per heavy atom. The molecule has 0 fully saturated rings. The minimum atomic E-state index is -4.22. The zero-order valence-electron chi connectivity index (χ0n) is 5.48. The maximum atomic E-state index is 10.5. The van der Waals surface area contributed by atoms with E-state index in [2.05, 4.69) is 0 Å². The number of hydrogen-bond donors (Lipinski definition) is 1. The Hall–Kier alpha value is -0.870. The van der Waals surface area contributed by atoms with Crippen LogP contribution in [-0.2, 0) is 10.1 Å². The maximum absolute atomic E-state index is 10.5. The van der Waals surface area contributed by atoms with Crippen LogP contribution in [0.25, 0.3) is 0 Å². The molecule has 0 saturated carbocycles. The van der Waals surface area contributed by atoms with Crippen LogP contribution in [0.4, 0.5) is 0 Å². The first-order valence-electron chi connectivity index (χ1n) is 2.80. The van der Waals surface area contributed by atoms with Crippen LogP contribution in [0.3, 0.4) is 0 Å². The maximum Gasteiger partial charge on any atom is 0.294 e. The Morgan fingerprint density at radius 3 is 2.18 bits per heavy atom. The summed E-state index contributed by atoms with van der Waals surface area (Å²) in [5.74, 6) is 0. The lowest BCUT2D eigenvalue weighted by Gasteiger charge is -1.98. The summed E-state index contributed by atoms with van der Waals surface area (Å²) >= 11 is 0. The van der Waals surface area contributed by atoms with Crippen molar-refractivity contribution in [3.8, 4) is 0 Å². The summed E-state index contributed by atoms with van der Waals surface area (Å²) in [4.78, 5) is -0.361. The quantitative estimate of drug-likeness (QED) is 0.634. The van der Waals surface area contributed by atoms with Gasteiger partial charge in [-0.3, -0.25) is 4.55 Å². The van der Waals surface area contributed by atoms with E-state index in [4.69, 9.17) is 11.5 Å². The second kappa shape index (κ2) is 2.64. The molecule has 0 saturated heterocycles. The van der Waals surface area contributed by atoms with Crippen molar-refractivity contribution in [1.82, 2.24) is 0 Å². The highest BCUT2D eigenvalue weighted by Gasteiger charge is 2.10. The van der Waals surface area contributed by atoms with Gasteiger partial charge in [0, 0.05) is 6.92 Å². The van der Waals surface area contributed by atoms with Crippen LogP contribution < -0.4 is 0 Å². The minimum Gasteiger partial charge on any atom is -0.282 e. The van der Waals surface area contributed by atoms with Crippen molar-refractivity contribution in [3.05, 3.63) is 36.8 Å². The lowest BCUT2D eigenvalue weighted by atomic mass is 10.2. The van der Waals surface area contributed by atoms with Gasteiger partial charge in [0.15, 0.2) is 0 Å². The third-order valence-electron chi connectivity index (χ3n) is 1.16. The van der Waals surface area contributed by atoms with Crippen LogP contribution in [0.1, 0.15) is 5.56 Å². The van der Waals surface area contributed by atoms with Crippen molar-refractivity contribution < 1.29 is 13.0 Å². The van der Waals surface area contributed by atoms with Gasteiger partial charge in [-0.1, -0.05) is 18.2 Å². The molecule has 4 heteroatoms. The topological polar surface area (TPSA) is 54.4 Å². The first-order chi connectivity index (χ1) is 5.02. The van der Waals surface area contributed by atoms with Gasteiger partial charge in [0.05, 0.1) is 4.90 Å². The Labute approximate surface area is 65.4 Å². The van der Waals surface area contributed by atoms with Gasteiger partial charge < -0.3 is 0 Å². The van der Waals surface area contributed by atoms with Crippen molar-refractivity contribution in [2.45, 2.75) is 4.90 Å². The van der Waals surface area contributed by atoms with Crippen LogP contribution in [0.15, 0.2) is 29.2 Å². The van der Waals surface area contributed by atoms with E-state index in [1.807, 2.05) is 0 Å². The van der Waals surface area contributed by atoms with Crippen molar-refractivity contribution in [2.75, 3.05) is 0 Å². The highest BCUT2D eigenvalue weighted by molar-refractivity contribution is 7.85. The zero-order chi connectivity index (χ0) is 8.48. The van der Waals surface area contributed by atoms with E-state index in [1.165, 1.54) is 24.3 Å². The third-order valence-corrected chi connectivity index (χ3v) is 2.08. The molecule has 1 rings (SSSR count). The lowest BCUT2D eigenvalue weighted by Crippen LogP contribution is -1.99. The van der Waals surface area contributed by atoms with E-state index in [-0.39, 0.29) is 10.5 Å². The van der Waals surface area contributed by atoms with Gasteiger partial charge in [-0.15, -0.1) is 0 Å². The van der Waals surface area contributed by atoms with Crippen LogP contribution in [0.2, 0.25) is 0 Å². The highest BCUT2D eigenvalue weighted by atomic mass is 32.2. The molecule has 1 N–H and O–H groups in total. The van der Waals surface area contributed by atoms with Crippen LogP contribution in [0, 0.1) is 6.92 Å². The monoisotopic (exact) mass is 169 g/mol. The molecule has 3 radical (unpaired) electrons. The first-order valence-corrected chi connectivity index (χ1v) is 4.24. The fraction of sp³-hybridized carbons (Fsp3) is 0. The average molecular weight is 169 g/mol. The van der Waals surface area contributed by atoms with Gasteiger partial charge in [0.25, 0.3) is 10.1 Å². The van der Waals surface area contributed by atoms with E-state index in [9.17, 15) is 8.42 Å². The molecule has 1 aromatic carbocycles. The Morgan fingerprint density at radius 2 is 1.82 bits per heavy atom. The number of benzene rings is 1. The Bertz CT molecular complexity index is 354. The second-order valence-corrected chi connectivity index (χ2v) is 3.36. The van der Waals surface area contributed by atoms with Gasteiger partial charge in [0.1, 0.15) is 0 Å². The summed E-state index contributed by atoms with van der Waals surface area (Å²) in [5, 5.41) is 0. The largest absolute Gasteiger partial charge is 0.294 e. The number of rotatable bonds is 1. The van der Waals surface area contributed by atoms with E-state index in [1.54, 1.807) is 0 Å². The van der Waals surface area contributed by atoms with Crippen molar-refractivity contribution in [1.29, 1.82) is 0 Å². The van der Waals surface area contributed by atoms with Gasteiger partial charge in [0.2, 0.25) is 0 Å². The third kappa shape index (κ3) is 1.78. The van der Waals surface area contributed by atoms with Gasteiger partial charge >= 0.3 is 0 Å². The molecule has 0 amide bonds. The fourth-order valence-corrected chi connectivity index (χ4v) is 1.29. The van der Waals surface area contributed by atoms with Gasteiger partial charge in [-0.05, 0) is 11.6 Å². The van der Waals surface area contributed by atoms with Crippen molar-refractivity contribution in [3.63, 3.8) is 0 Å². The molecular weight excluding hydrogens is 164 g/mol. The molecule has 57 valence electrons. The summed E-state index contributed by atoms with van der Waals surface area (Å²) in [6, 6.07) is 5.44. The fourth-order valence-electron chi connectivity index (χ4n) is 0.692. The van der Waals surface area contributed by atoms with Crippen molar-refractivity contribution >= 4 is 10.1 Å². The summed E-state index contributed by atoms with van der Waals surface area (Å²) in [5.41, 5.74) is -0.199. The standard InChI is InChI=1S/C7H5O3S/c1-6-4-2-3-5-7(6)11(8,9)10/h2-5H,(H,8,9,10). The molecule has 0 aliphatic carbocycles. The van der Waals surface area contributed by atoms with E-state index < -0.39 is 10.1 Å². The van der Waals surface area contributed by atoms with Gasteiger partial charge in [-0.25, -0.2) is 0 Å². The van der Waals surface area contributed by atoms with E-state index in [0.717, 1.165) is 0 Å². The predicted molar refractivity (Wildman–Crippen MR) is 38.6 cm³/mol. The summed E-state index contributed by atoms with van der Waals surface area (Å²) in [7, 11) is -4.22. The molecule has 0 aliphatic rings. The highest BCUT2D eigenvalue weighted by Crippen LogP contribution is 2.12. The normalized spacial score (nSPS) is 11.5. The van der Waals surface area contributed by atoms with E-state index >= 15 is 0 Å². The molecule has 0 aliphatic heterocycles. The second-order valence-electron chi connectivity index (χ2n) is 1.97. The van der Waals surface area contributed by atoms with Crippen molar-refractivity contribution in [2.24, 2.45) is 0 Å². The molecule has 1 aromatic rings. The first kappa shape index (κ1) is 8.23. The zero-order valence-corrected chi connectivity index (χ0v) is 6.30. The van der Waals surface area contributed by atoms with Crippen LogP contribution in [0.5, 0.6) is 0 Å². The number of hydrogen-bond acceptors (Lipinski definition) is 2. The predicted octanol–water partition coefficient (Wildman–Crippen LogP) is 0.869. The molecule has 0 heterocycles. The molecule has 0 bridgehead atoms. The summed E-state index contributed by atoms with van der Waals surface area (Å²) in [6.45, 7) is 7.09. The van der Waals surface area contributed by atoms with Crippen LogP contribution in [-0.4, -0.2) is 13.0 Å². The molecule has 0 unspecified atom stereocenters. The van der Waals surface area contributed by atoms with E-state index in [0.29, 0.717) is 0 Å². The minimum absolute atomic E-state index is 0.199. The Balaban J connectivity index is 3.37. The molecular formula is C7H5O3S. The molecule has 0 spiro atoms. The van der Waals surface area contributed by atoms with Crippen LogP contribution >= 0.6 is 0 Å². The average Bonchev–Trinajstić information content (AvgIpc) is 1.86. The summed E-state index contributed by atoms with van der Waals surface area (Å²) in [6.07, 6.45) is 0. The summed E-state index contributed by atoms with van der Waals surface area (Å²) < 4.78 is 29.5. The van der Waals surface area contributed by atoms with Gasteiger partial charge in [-0.2, -0.15) is 8.42 Å². The molecule has 0 atom stereocenters. The lowest BCUT2D eigenvalue weighted by molar-refractivity contribution is 0.483. The Kier molecular flexibility index (Phi) is 1.97. The molecule has 11 heavy (non-hydrogen) atoms. The SMILES string of the molecule is [C]c1ccccc1S(=O)(=O)O. The smallest absolute Gasteiger partial charge is 0.282 e.